The maximum atomic E-state index is 10.6. The number of non-ortho nitro benzene ring substituents is 1. The molecule has 1 aromatic carbocycles. The lowest BCUT2D eigenvalue weighted by atomic mass is 10.2. The summed E-state index contributed by atoms with van der Waals surface area (Å²) in [4.78, 5) is 10.2. The Bertz CT molecular complexity index is 533. The summed E-state index contributed by atoms with van der Waals surface area (Å²) in [5, 5.41) is 21.5. The first kappa shape index (κ1) is 10.4. The van der Waals surface area contributed by atoms with E-state index in [9.17, 15) is 10.1 Å². The highest BCUT2D eigenvalue weighted by molar-refractivity contribution is 5.91. The number of benzene rings is 1. The first-order valence-electron chi connectivity index (χ1n) is 4.97. The van der Waals surface area contributed by atoms with Crippen molar-refractivity contribution >= 4 is 22.4 Å². The summed E-state index contributed by atoms with van der Waals surface area (Å²) >= 11 is 0. The van der Waals surface area contributed by atoms with Gasteiger partial charge in [-0.2, -0.15) is 5.10 Å². The maximum Gasteiger partial charge on any atom is 0.271 e. The fraction of sp³-hybridized carbons (Fsp3) is 0.300. The molecule has 0 saturated carbocycles. The monoisotopic (exact) mass is 220 g/mol. The van der Waals surface area contributed by atoms with Gasteiger partial charge in [-0.1, -0.05) is 0 Å². The van der Waals surface area contributed by atoms with Crippen LogP contribution in [-0.4, -0.2) is 21.2 Å². The largest absolute Gasteiger partial charge is 0.366 e. The number of hydrogen-bond donors (Lipinski definition) is 2. The summed E-state index contributed by atoms with van der Waals surface area (Å²) < 4.78 is 0. The van der Waals surface area contributed by atoms with Crippen molar-refractivity contribution in [3.05, 3.63) is 28.3 Å². The normalized spacial score (nSPS) is 10.9. The Morgan fingerprint density at radius 2 is 2.25 bits per heavy atom. The molecule has 0 radical (unpaired) electrons. The molecule has 0 unspecified atom stereocenters. The highest BCUT2D eigenvalue weighted by Gasteiger charge is 2.11. The number of nitro benzene ring substituents is 1. The van der Waals surface area contributed by atoms with Crippen molar-refractivity contribution in [3.63, 3.8) is 0 Å². The first-order valence-corrected chi connectivity index (χ1v) is 4.97. The van der Waals surface area contributed by atoms with Crippen molar-refractivity contribution < 1.29 is 4.92 Å². The molecule has 0 saturated heterocycles. The average molecular weight is 220 g/mol. The van der Waals surface area contributed by atoms with E-state index < -0.39 is 4.92 Å². The van der Waals surface area contributed by atoms with Gasteiger partial charge in [-0.15, -0.1) is 0 Å². The van der Waals surface area contributed by atoms with E-state index in [1.54, 1.807) is 6.07 Å². The second kappa shape index (κ2) is 3.80. The van der Waals surface area contributed by atoms with Gasteiger partial charge in [0.05, 0.1) is 10.4 Å². The van der Waals surface area contributed by atoms with Crippen LogP contribution in [0.4, 0.5) is 11.5 Å². The van der Waals surface area contributed by atoms with E-state index in [4.69, 9.17) is 0 Å². The van der Waals surface area contributed by atoms with Crippen LogP contribution < -0.4 is 5.32 Å². The summed E-state index contributed by atoms with van der Waals surface area (Å²) in [6, 6.07) is 4.92. The number of anilines is 1. The van der Waals surface area contributed by atoms with Crippen LogP contribution in [0.25, 0.3) is 10.9 Å². The molecule has 1 heterocycles. The number of rotatable bonds is 3. The second-order valence-corrected chi connectivity index (χ2v) is 3.86. The summed E-state index contributed by atoms with van der Waals surface area (Å²) in [7, 11) is 0. The Kier molecular flexibility index (Phi) is 2.47. The van der Waals surface area contributed by atoms with Crippen LogP contribution in [0, 0.1) is 10.1 Å². The molecule has 2 rings (SSSR count). The van der Waals surface area contributed by atoms with Gasteiger partial charge in [0.15, 0.2) is 5.82 Å². The molecule has 0 fully saturated rings. The predicted octanol–water partition coefficient (Wildman–Crippen LogP) is 2.29. The van der Waals surface area contributed by atoms with Gasteiger partial charge in [-0.3, -0.25) is 15.2 Å². The van der Waals surface area contributed by atoms with Crippen LogP contribution in [0.2, 0.25) is 0 Å². The summed E-state index contributed by atoms with van der Waals surface area (Å²) in [6.45, 7) is 4.01. The molecule has 0 aliphatic rings. The van der Waals surface area contributed by atoms with Crippen molar-refractivity contribution in [2.45, 2.75) is 19.9 Å². The van der Waals surface area contributed by atoms with Gasteiger partial charge in [-0.05, 0) is 19.9 Å². The van der Waals surface area contributed by atoms with Crippen molar-refractivity contribution in [3.8, 4) is 0 Å². The fourth-order valence-electron chi connectivity index (χ4n) is 1.50. The topological polar surface area (TPSA) is 83.8 Å². The van der Waals surface area contributed by atoms with Crippen molar-refractivity contribution in [1.82, 2.24) is 10.2 Å². The molecule has 84 valence electrons. The zero-order chi connectivity index (χ0) is 11.7. The smallest absolute Gasteiger partial charge is 0.271 e. The zero-order valence-electron chi connectivity index (χ0n) is 9.02. The lowest BCUT2D eigenvalue weighted by Crippen LogP contribution is -2.09. The minimum absolute atomic E-state index is 0.0623. The average Bonchev–Trinajstić information content (AvgIpc) is 2.60. The maximum absolute atomic E-state index is 10.6. The molecule has 0 aliphatic heterocycles. The molecule has 6 heteroatoms. The lowest BCUT2D eigenvalue weighted by molar-refractivity contribution is -0.384. The van der Waals surface area contributed by atoms with Gasteiger partial charge in [0.1, 0.15) is 0 Å². The van der Waals surface area contributed by atoms with E-state index in [0.717, 1.165) is 11.2 Å². The van der Waals surface area contributed by atoms with Crippen LogP contribution in [0.15, 0.2) is 18.2 Å². The summed E-state index contributed by atoms with van der Waals surface area (Å²) in [5.74, 6) is 0.722. The Morgan fingerprint density at radius 3 is 2.88 bits per heavy atom. The molecular formula is C10H12N4O2. The SMILES string of the molecule is CC(C)Nc1n[nH]c2cc([N+](=O)[O-])ccc12. The lowest BCUT2D eigenvalue weighted by Gasteiger charge is -2.05. The van der Waals surface area contributed by atoms with Crippen LogP contribution in [0.1, 0.15) is 13.8 Å². The zero-order valence-corrected chi connectivity index (χ0v) is 9.02. The van der Waals surface area contributed by atoms with Crippen LogP contribution >= 0.6 is 0 Å². The predicted molar refractivity (Wildman–Crippen MR) is 61.5 cm³/mol. The molecule has 16 heavy (non-hydrogen) atoms. The van der Waals surface area contributed by atoms with E-state index in [-0.39, 0.29) is 11.7 Å². The van der Waals surface area contributed by atoms with E-state index in [1.165, 1.54) is 12.1 Å². The third-order valence-electron chi connectivity index (χ3n) is 2.18. The molecule has 6 nitrogen and oxygen atoms in total. The quantitative estimate of drug-likeness (QED) is 0.614. The Balaban J connectivity index is 2.46. The second-order valence-electron chi connectivity index (χ2n) is 3.86. The standard InChI is InChI=1S/C10H12N4O2/c1-6(2)11-10-8-4-3-7(14(15)16)5-9(8)12-13-10/h3-6H,1-2H3,(H2,11,12,13). The highest BCUT2D eigenvalue weighted by atomic mass is 16.6. The number of nitrogens with zero attached hydrogens (tertiary/aromatic N) is 2. The number of aromatic nitrogens is 2. The van der Waals surface area contributed by atoms with E-state index >= 15 is 0 Å². The summed E-state index contributed by atoms with van der Waals surface area (Å²) in [6.07, 6.45) is 0. The van der Waals surface area contributed by atoms with Crippen molar-refractivity contribution in [2.75, 3.05) is 5.32 Å². The molecule has 0 amide bonds. The van der Waals surface area contributed by atoms with Crippen molar-refractivity contribution in [1.29, 1.82) is 0 Å². The third-order valence-corrected chi connectivity index (χ3v) is 2.18. The highest BCUT2D eigenvalue weighted by Crippen LogP contribution is 2.24. The molecule has 0 aliphatic carbocycles. The van der Waals surface area contributed by atoms with Crippen LogP contribution in [0.5, 0.6) is 0 Å². The van der Waals surface area contributed by atoms with Gasteiger partial charge < -0.3 is 5.32 Å². The minimum atomic E-state index is -0.421. The third kappa shape index (κ3) is 1.81. The summed E-state index contributed by atoms with van der Waals surface area (Å²) in [5.41, 5.74) is 0.726. The number of aromatic amines is 1. The van der Waals surface area contributed by atoms with E-state index in [2.05, 4.69) is 15.5 Å². The van der Waals surface area contributed by atoms with Gasteiger partial charge in [0.25, 0.3) is 5.69 Å². The molecule has 1 aromatic heterocycles. The Labute approximate surface area is 91.8 Å². The molecule has 0 spiro atoms. The molecule has 0 bridgehead atoms. The number of fused-ring (bicyclic) bond motifs is 1. The Morgan fingerprint density at radius 1 is 1.50 bits per heavy atom. The Hall–Kier alpha value is -2.11. The van der Waals surface area contributed by atoms with Gasteiger partial charge >= 0.3 is 0 Å². The van der Waals surface area contributed by atoms with Gasteiger partial charge in [0, 0.05) is 23.6 Å². The molecule has 2 N–H and O–H groups in total. The van der Waals surface area contributed by atoms with Gasteiger partial charge in [-0.25, -0.2) is 0 Å². The molecule has 2 aromatic rings. The van der Waals surface area contributed by atoms with Crippen LogP contribution in [0.3, 0.4) is 0 Å². The number of nitrogens with one attached hydrogen (secondary N) is 2. The minimum Gasteiger partial charge on any atom is -0.366 e. The molecule has 0 atom stereocenters. The van der Waals surface area contributed by atoms with Gasteiger partial charge in [0.2, 0.25) is 0 Å². The fourth-order valence-corrected chi connectivity index (χ4v) is 1.50. The molecular weight excluding hydrogens is 208 g/mol. The number of hydrogen-bond acceptors (Lipinski definition) is 4. The first-order chi connectivity index (χ1) is 7.58. The van der Waals surface area contributed by atoms with Crippen LogP contribution in [-0.2, 0) is 0 Å². The number of H-pyrrole nitrogens is 1. The van der Waals surface area contributed by atoms with E-state index in [0.29, 0.717) is 5.52 Å². The van der Waals surface area contributed by atoms with Crippen molar-refractivity contribution in [2.24, 2.45) is 0 Å². The van der Waals surface area contributed by atoms with E-state index in [1.807, 2.05) is 13.8 Å². The number of nitro groups is 1.